The Balaban J connectivity index is 1.92. The van der Waals surface area contributed by atoms with Crippen molar-refractivity contribution in [2.45, 2.75) is 20.0 Å². The fourth-order valence-electron chi connectivity index (χ4n) is 1.98. The van der Waals surface area contributed by atoms with Gasteiger partial charge in [-0.1, -0.05) is 12.1 Å². The molecule has 0 bridgehead atoms. The van der Waals surface area contributed by atoms with Gasteiger partial charge in [0.15, 0.2) is 0 Å². The van der Waals surface area contributed by atoms with Crippen LogP contribution in [0.1, 0.15) is 18.9 Å². The number of nitriles is 1. The number of benzene rings is 2. The first-order chi connectivity index (χ1) is 11.2. The third-order valence-electron chi connectivity index (χ3n) is 2.99. The Bertz CT molecular complexity index is 690. The highest BCUT2D eigenvalue weighted by Crippen LogP contribution is 2.19. The van der Waals surface area contributed by atoms with Crippen LogP contribution in [-0.2, 0) is 11.4 Å². The van der Waals surface area contributed by atoms with E-state index in [-0.39, 0.29) is 12.3 Å². The summed E-state index contributed by atoms with van der Waals surface area (Å²) >= 11 is 0. The number of carbonyl (C=O) groups excluding carboxylic acids is 1. The highest BCUT2D eigenvalue weighted by atomic mass is 16.5. The van der Waals surface area contributed by atoms with E-state index in [1.54, 1.807) is 6.07 Å². The summed E-state index contributed by atoms with van der Waals surface area (Å²) in [6, 6.07) is 16.6. The van der Waals surface area contributed by atoms with E-state index in [9.17, 15) is 4.79 Å². The molecular formula is C18H18N2O3. The van der Waals surface area contributed by atoms with Gasteiger partial charge in [-0.15, -0.1) is 0 Å². The number of rotatable bonds is 7. The van der Waals surface area contributed by atoms with Crippen molar-refractivity contribution in [1.82, 2.24) is 0 Å². The zero-order chi connectivity index (χ0) is 16.5. The minimum absolute atomic E-state index is 0.160. The van der Waals surface area contributed by atoms with Crippen LogP contribution in [0.4, 0.5) is 5.69 Å². The fourth-order valence-corrected chi connectivity index (χ4v) is 1.98. The molecule has 0 aliphatic heterocycles. The number of ether oxygens (including phenoxy) is 2. The first kappa shape index (κ1) is 16.4. The number of carbonyl (C=O) groups is 1. The molecule has 23 heavy (non-hydrogen) atoms. The van der Waals surface area contributed by atoms with Crippen LogP contribution in [0.15, 0.2) is 48.5 Å². The van der Waals surface area contributed by atoms with E-state index in [1.807, 2.05) is 55.5 Å². The number of hydrogen-bond donors (Lipinski definition) is 1. The molecule has 0 saturated carbocycles. The molecule has 0 radical (unpaired) electrons. The Labute approximate surface area is 135 Å². The number of amides is 1. The van der Waals surface area contributed by atoms with Gasteiger partial charge in [0.25, 0.3) is 0 Å². The standard InChI is InChI=1S/C18H18N2O3/c1-2-22-16-6-8-17(9-7-16)23-13-14-4-3-5-15(12-14)20-18(21)10-11-19/h3-9,12H,2,10,13H2,1H3,(H,20,21). The predicted molar refractivity (Wildman–Crippen MR) is 87.2 cm³/mol. The van der Waals surface area contributed by atoms with E-state index in [1.165, 1.54) is 0 Å². The number of nitrogens with one attached hydrogen (secondary N) is 1. The van der Waals surface area contributed by atoms with Crippen LogP contribution < -0.4 is 14.8 Å². The van der Waals surface area contributed by atoms with Crippen molar-refractivity contribution in [1.29, 1.82) is 5.26 Å². The van der Waals surface area contributed by atoms with Crippen molar-refractivity contribution >= 4 is 11.6 Å². The lowest BCUT2D eigenvalue weighted by Crippen LogP contribution is -2.10. The van der Waals surface area contributed by atoms with Gasteiger partial charge in [-0.05, 0) is 48.9 Å². The maximum atomic E-state index is 11.4. The molecule has 0 aromatic heterocycles. The van der Waals surface area contributed by atoms with Crippen LogP contribution >= 0.6 is 0 Å². The third kappa shape index (κ3) is 5.36. The summed E-state index contributed by atoms with van der Waals surface area (Å²) in [5.74, 6) is 1.23. The molecule has 1 amide bonds. The predicted octanol–water partition coefficient (Wildman–Crippen LogP) is 3.52. The van der Waals surface area contributed by atoms with Crippen molar-refractivity contribution in [3.05, 3.63) is 54.1 Å². The molecular weight excluding hydrogens is 292 g/mol. The van der Waals surface area contributed by atoms with Crippen molar-refractivity contribution in [2.24, 2.45) is 0 Å². The molecule has 0 aliphatic carbocycles. The van der Waals surface area contributed by atoms with Gasteiger partial charge in [0.05, 0.1) is 12.7 Å². The van der Waals surface area contributed by atoms with E-state index < -0.39 is 0 Å². The third-order valence-corrected chi connectivity index (χ3v) is 2.99. The lowest BCUT2D eigenvalue weighted by atomic mass is 10.2. The average molecular weight is 310 g/mol. The molecule has 5 nitrogen and oxygen atoms in total. The Morgan fingerprint density at radius 3 is 2.48 bits per heavy atom. The van der Waals surface area contributed by atoms with Crippen LogP contribution in [0.2, 0.25) is 0 Å². The van der Waals surface area contributed by atoms with E-state index in [0.29, 0.717) is 18.9 Å². The van der Waals surface area contributed by atoms with Gasteiger partial charge in [-0.25, -0.2) is 0 Å². The minimum atomic E-state index is -0.322. The van der Waals surface area contributed by atoms with Crippen LogP contribution in [0.5, 0.6) is 11.5 Å². The highest BCUT2D eigenvalue weighted by molar-refractivity contribution is 5.92. The average Bonchev–Trinajstić information content (AvgIpc) is 2.55. The van der Waals surface area contributed by atoms with Crippen molar-refractivity contribution in [3.63, 3.8) is 0 Å². The molecule has 0 fully saturated rings. The molecule has 0 aliphatic rings. The van der Waals surface area contributed by atoms with Gasteiger partial charge >= 0.3 is 0 Å². The quantitative estimate of drug-likeness (QED) is 0.849. The van der Waals surface area contributed by atoms with Crippen LogP contribution in [-0.4, -0.2) is 12.5 Å². The smallest absolute Gasteiger partial charge is 0.238 e. The number of nitrogens with zero attached hydrogens (tertiary/aromatic N) is 1. The molecule has 1 N–H and O–H groups in total. The topological polar surface area (TPSA) is 71.3 Å². The minimum Gasteiger partial charge on any atom is -0.494 e. The first-order valence-electron chi connectivity index (χ1n) is 7.32. The highest BCUT2D eigenvalue weighted by Gasteiger charge is 2.03. The number of hydrogen-bond acceptors (Lipinski definition) is 4. The number of anilines is 1. The lowest BCUT2D eigenvalue weighted by molar-refractivity contribution is -0.115. The molecule has 0 saturated heterocycles. The van der Waals surface area contributed by atoms with Crippen molar-refractivity contribution in [3.8, 4) is 17.6 Å². The van der Waals surface area contributed by atoms with E-state index in [0.717, 1.165) is 17.1 Å². The lowest BCUT2D eigenvalue weighted by Gasteiger charge is -2.09. The second-order valence-corrected chi connectivity index (χ2v) is 4.78. The molecule has 0 unspecified atom stereocenters. The van der Waals surface area contributed by atoms with Gasteiger partial charge in [-0.2, -0.15) is 5.26 Å². The zero-order valence-corrected chi connectivity index (χ0v) is 12.9. The Kier molecular flexibility index (Phi) is 6.01. The van der Waals surface area contributed by atoms with Crippen molar-refractivity contribution in [2.75, 3.05) is 11.9 Å². The van der Waals surface area contributed by atoms with E-state index in [4.69, 9.17) is 14.7 Å². The molecule has 118 valence electrons. The van der Waals surface area contributed by atoms with Crippen LogP contribution in [0.25, 0.3) is 0 Å². The maximum Gasteiger partial charge on any atom is 0.238 e. The van der Waals surface area contributed by atoms with Gasteiger partial charge in [0.2, 0.25) is 5.91 Å². The molecule has 2 aromatic rings. The van der Waals surface area contributed by atoms with Gasteiger partial charge < -0.3 is 14.8 Å². The van der Waals surface area contributed by atoms with Gasteiger partial charge in [0.1, 0.15) is 24.5 Å². The van der Waals surface area contributed by atoms with Gasteiger partial charge in [-0.3, -0.25) is 4.79 Å². The SMILES string of the molecule is CCOc1ccc(OCc2cccc(NC(=O)CC#N)c2)cc1. The monoisotopic (exact) mass is 310 g/mol. The van der Waals surface area contributed by atoms with Crippen molar-refractivity contribution < 1.29 is 14.3 Å². The van der Waals surface area contributed by atoms with Crippen LogP contribution in [0.3, 0.4) is 0 Å². The van der Waals surface area contributed by atoms with Crippen LogP contribution in [0, 0.1) is 11.3 Å². The summed E-state index contributed by atoms with van der Waals surface area (Å²) in [6.07, 6.45) is -0.160. The second-order valence-electron chi connectivity index (χ2n) is 4.78. The molecule has 2 rings (SSSR count). The Morgan fingerprint density at radius 2 is 1.83 bits per heavy atom. The molecule has 0 spiro atoms. The summed E-state index contributed by atoms with van der Waals surface area (Å²) in [5.41, 5.74) is 1.58. The summed E-state index contributed by atoms with van der Waals surface area (Å²) in [5, 5.41) is 11.2. The second kappa shape index (κ2) is 8.44. The van der Waals surface area contributed by atoms with E-state index >= 15 is 0 Å². The summed E-state index contributed by atoms with van der Waals surface area (Å²) in [6.45, 7) is 2.95. The van der Waals surface area contributed by atoms with E-state index in [2.05, 4.69) is 5.32 Å². The largest absolute Gasteiger partial charge is 0.494 e. The first-order valence-corrected chi connectivity index (χ1v) is 7.32. The Morgan fingerprint density at radius 1 is 1.13 bits per heavy atom. The molecule has 2 aromatic carbocycles. The molecule has 0 atom stereocenters. The normalized spacial score (nSPS) is 9.74. The van der Waals surface area contributed by atoms with Gasteiger partial charge in [0, 0.05) is 5.69 Å². The summed E-state index contributed by atoms with van der Waals surface area (Å²) < 4.78 is 11.1. The zero-order valence-electron chi connectivity index (χ0n) is 12.9. The molecule has 5 heteroatoms. The molecule has 0 heterocycles. The maximum absolute atomic E-state index is 11.4. The fraction of sp³-hybridized carbons (Fsp3) is 0.222. The Hall–Kier alpha value is -3.00. The summed E-state index contributed by atoms with van der Waals surface area (Å²) in [7, 11) is 0. The summed E-state index contributed by atoms with van der Waals surface area (Å²) in [4.78, 5) is 11.4.